The fourth-order valence-electron chi connectivity index (χ4n) is 2.82. The fourth-order valence-corrected chi connectivity index (χ4v) is 2.82. The molecule has 5 heteroatoms. The minimum Gasteiger partial charge on any atom is -0.342 e. The van der Waals surface area contributed by atoms with Crippen LogP contribution in [0.25, 0.3) is 0 Å². The fraction of sp³-hybridized carbons (Fsp3) is 0.471. The number of benzene rings is 1. The van der Waals surface area contributed by atoms with Gasteiger partial charge in [0.15, 0.2) is 5.82 Å². The Morgan fingerprint density at radius 1 is 1.32 bits per heavy atom. The smallest absolute Gasteiger partial charge is 0.231 e. The Morgan fingerprint density at radius 3 is 2.86 bits per heavy atom. The van der Waals surface area contributed by atoms with E-state index in [-0.39, 0.29) is 11.8 Å². The molecule has 1 aliphatic rings. The molecule has 22 heavy (non-hydrogen) atoms. The molecule has 0 saturated carbocycles. The number of piperidine rings is 1. The SMILES string of the molecule is CCc1noc(C2CCC(=O)N(CCc3ccccc3)C2)n1. The summed E-state index contributed by atoms with van der Waals surface area (Å²) >= 11 is 0. The minimum atomic E-state index is 0.168. The number of carbonyl (C=O) groups is 1. The Bertz CT molecular complexity index is 624. The number of hydrogen-bond acceptors (Lipinski definition) is 4. The lowest BCUT2D eigenvalue weighted by atomic mass is 9.97. The van der Waals surface area contributed by atoms with Crippen molar-refractivity contribution in [2.75, 3.05) is 13.1 Å². The van der Waals surface area contributed by atoms with Gasteiger partial charge in [0.05, 0.1) is 5.92 Å². The molecule has 1 fully saturated rings. The third kappa shape index (κ3) is 3.35. The second-order valence-electron chi connectivity index (χ2n) is 5.71. The van der Waals surface area contributed by atoms with Gasteiger partial charge in [-0.05, 0) is 18.4 Å². The molecule has 0 aliphatic carbocycles. The van der Waals surface area contributed by atoms with Crippen molar-refractivity contribution in [1.29, 1.82) is 0 Å². The first-order valence-electron chi connectivity index (χ1n) is 7.90. The van der Waals surface area contributed by atoms with Crippen LogP contribution >= 0.6 is 0 Å². The van der Waals surface area contributed by atoms with Crippen LogP contribution in [0.15, 0.2) is 34.9 Å². The molecule has 1 aromatic heterocycles. The van der Waals surface area contributed by atoms with Crippen LogP contribution in [-0.2, 0) is 17.6 Å². The Morgan fingerprint density at radius 2 is 2.14 bits per heavy atom. The maximum atomic E-state index is 12.1. The predicted octanol–water partition coefficient (Wildman–Crippen LogP) is 2.58. The average molecular weight is 299 g/mol. The van der Waals surface area contributed by atoms with Crippen molar-refractivity contribution in [3.8, 4) is 0 Å². The quantitative estimate of drug-likeness (QED) is 0.851. The van der Waals surface area contributed by atoms with Gasteiger partial charge in [0, 0.05) is 25.9 Å². The van der Waals surface area contributed by atoms with Gasteiger partial charge in [-0.3, -0.25) is 4.79 Å². The monoisotopic (exact) mass is 299 g/mol. The zero-order valence-electron chi connectivity index (χ0n) is 12.9. The van der Waals surface area contributed by atoms with E-state index in [1.807, 2.05) is 30.0 Å². The van der Waals surface area contributed by atoms with Gasteiger partial charge in [-0.15, -0.1) is 0 Å². The summed E-state index contributed by atoms with van der Waals surface area (Å²) in [6.07, 6.45) is 3.01. The first-order valence-corrected chi connectivity index (χ1v) is 7.90. The number of aryl methyl sites for hydroxylation is 1. The molecule has 0 spiro atoms. The second-order valence-corrected chi connectivity index (χ2v) is 5.71. The van der Waals surface area contributed by atoms with Crippen molar-refractivity contribution in [1.82, 2.24) is 15.0 Å². The second kappa shape index (κ2) is 6.73. The van der Waals surface area contributed by atoms with Crippen LogP contribution in [0.4, 0.5) is 0 Å². The van der Waals surface area contributed by atoms with Gasteiger partial charge in [-0.1, -0.05) is 42.4 Å². The van der Waals surface area contributed by atoms with Crippen LogP contribution in [0.5, 0.6) is 0 Å². The van der Waals surface area contributed by atoms with Crippen molar-refractivity contribution in [3.63, 3.8) is 0 Å². The molecule has 3 rings (SSSR count). The van der Waals surface area contributed by atoms with Crippen molar-refractivity contribution < 1.29 is 9.32 Å². The highest BCUT2D eigenvalue weighted by molar-refractivity contribution is 5.77. The van der Waals surface area contributed by atoms with Crippen molar-refractivity contribution in [2.45, 2.75) is 38.5 Å². The highest BCUT2D eigenvalue weighted by Crippen LogP contribution is 2.26. The van der Waals surface area contributed by atoms with E-state index >= 15 is 0 Å². The topological polar surface area (TPSA) is 59.2 Å². The van der Waals surface area contributed by atoms with E-state index in [0.29, 0.717) is 18.9 Å². The molecular formula is C17H21N3O2. The van der Waals surface area contributed by atoms with Gasteiger partial charge in [0.25, 0.3) is 0 Å². The molecule has 0 radical (unpaired) electrons. The Kier molecular flexibility index (Phi) is 4.51. The van der Waals surface area contributed by atoms with Crippen LogP contribution in [0.1, 0.15) is 43.0 Å². The maximum Gasteiger partial charge on any atom is 0.231 e. The number of aromatic nitrogens is 2. The zero-order chi connectivity index (χ0) is 15.4. The summed E-state index contributed by atoms with van der Waals surface area (Å²) in [5.41, 5.74) is 1.25. The van der Waals surface area contributed by atoms with Crippen LogP contribution in [0.2, 0.25) is 0 Å². The summed E-state index contributed by atoms with van der Waals surface area (Å²) in [6, 6.07) is 10.3. The molecule has 1 atom stereocenters. The molecule has 0 N–H and O–H groups in total. The number of amides is 1. The number of likely N-dealkylation sites (tertiary alicyclic amines) is 1. The molecule has 2 aromatic rings. The first-order chi connectivity index (χ1) is 10.8. The van der Waals surface area contributed by atoms with E-state index in [0.717, 1.165) is 31.6 Å². The van der Waals surface area contributed by atoms with Gasteiger partial charge in [0.2, 0.25) is 11.8 Å². The Balaban J connectivity index is 1.62. The molecule has 1 amide bonds. The third-order valence-corrected chi connectivity index (χ3v) is 4.16. The van der Waals surface area contributed by atoms with Crippen LogP contribution in [-0.4, -0.2) is 34.0 Å². The lowest BCUT2D eigenvalue weighted by molar-refractivity contribution is -0.133. The van der Waals surface area contributed by atoms with Crippen LogP contribution < -0.4 is 0 Å². The van der Waals surface area contributed by atoms with Crippen LogP contribution in [0, 0.1) is 0 Å². The maximum absolute atomic E-state index is 12.1. The van der Waals surface area contributed by atoms with E-state index in [1.165, 1.54) is 5.56 Å². The lowest BCUT2D eigenvalue weighted by Crippen LogP contribution is -2.40. The van der Waals surface area contributed by atoms with E-state index in [4.69, 9.17) is 4.52 Å². The molecule has 1 saturated heterocycles. The summed E-state index contributed by atoms with van der Waals surface area (Å²) in [4.78, 5) is 18.5. The normalized spacial score (nSPS) is 18.7. The van der Waals surface area contributed by atoms with E-state index < -0.39 is 0 Å². The van der Waals surface area contributed by atoms with Gasteiger partial charge >= 0.3 is 0 Å². The molecular weight excluding hydrogens is 278 g/mol. The molecule has 5 nitrogen and oxygen atoms in total. The van der Waals surface area contributed by atoms with Crippen LogP contribution in [0.3, 0.4) is 0 Å². The summed E-state index contributed by atoms with van der Waals surface area (Å²) in [7, 11) is 0. The lowest BCUT2D eigenvalue weighted by Gasteiger charge is -2.31. The van der Waals surface area contributed by atoms with Crippen molar-refractivity contribution >= 4 is 5.91 Å². The van der Waals surface area contributed by atoms with Gasteiger partial charge in [-0.25, -0.2) is 0 Å². The molecule has 0 bridgehead atoms. The number of carbonyl (C=O) groups excluding carboxylic acids is 1. The third-order valence-electron chi connectivity index (χ3n) is 4.16. The number of rotatable bonds is 5. The number of hydrogen-bond donors (Lipinski definition) is 0. The Hall–Kier alpha value is -2.17. The first kappa shape index (κ1) is 14.8. The molecule has 1 aliphatic heterocycles. The average Bonchev–Trinajstić information content (AvgIpc) is 3.04. The van der Waals surface area contributed by atoms with E-state index in [2.05, 4.69) is 22.3 Å². The van der Waals surface area contributed by atoms with E-state index in [1.54, 1.807) is 0 Å². The predicted molar refractivity (Wildman–Crippen MR) is 82.4 cm³/mol. The molecule has 116 valence electrons. The van der Waals surface area contributed by atoms with Crippen molar-refractivity contribution in [2.24, 2.45) is 0 Å². The zero-order valence-corrected chi connectivity index (χ0v) is 12.9. The highest BCUT2D eigenvalue weighted by Gasteiger charge is 2.29. The summed E-state index contributed by atoms with van der Waals surface area (Å²) in [5, 5.41) is 3.96. The molecule has 1 aromatic carbocycles. The minimum absolute atomic E-state index is 0.168. The van der Waals surface area contributed by atoms with Gasteiger partial charge in [-0.2, -0.15) is 4.98 Å². The highest BCUT2D eigenvalue weighted by atomic mass is 16.5. The van der Waals surface area contributed by atoms with E-state index in [9.17, 15) is 4.79 Å². The summed E-state index contributed by atoms with van der Waals surface area (Å²) in [6.45, 7) is 3.43. The summed E-state index contributed by atoms with van der Waals surface area (Å²) in [5.74, 6) is 1.81. The molecule has 2 heterocycles. The summed E-state index contributed by atoms with van der Waals surface area (Å²) < 4.78 is 5.34. The van der Waals surface area contributed by atoms with Crippen molar-refractivity contribution in [3.05, 3.63) is 47.6 Å². The standard InChI is InChI=1S/C17H21N3O2/c1-2-15-18-17(22-19-15)14-8-9-16(21)20(12-14)11-10-13-6-4-3-5-7-13/h3-7,14H,2,8-12H2,1H3. The van der Waals surface area contributed by atoms with Gasteiger partial charge < -0.3 is 9.42 Å². The molecule has 1 unspecified atom stereocenters. The van der Waals surface area contributed by atoms with Gasteiger partial charge in [0.1, 0.15) is 0 Å². The largest absolute Gasteiger partial charge is 0.342 e. The Labute approximate surface area is 130 Å². The number of nitrogens with zero attached hydrogens (tertiary/aromatic N) is 3.